The van der Waals surface area contributed by atoms with Gasteiger partial charge in [-0.25, -0.2) is 9.13 Å². The van der Waals surface area contributed by atoms with Crippen molar-refractivity contribution in [2.45, 2.75) is 0 Å². The number of phosphoric acid groups is 2. The van der Waals surface area contributed by atoms with Gasteiger partial charge in [0, 0.05) is 50.9 Å². The van der Waals surface area contributed by atoms with E-state index in [0.29, 0.717) is 0 Å². The maximum absolute atomic E-state index is 9.63. The van der Waals surface area contributed by atoms with Gasteiger partial charge in [0.1, 0.15) is 0 Å². The van der Waals surface area contributed by atoms with Crippen LogP contribution in [0.25, 0.3) is 0 Å². The minimum atomic E-state index is -5.05. The zero-order valence-corrected chi connectivity index (χ0v) is 10.1. The molecule has 0 saturated heterocycles. The van der Waals surface area contributed by atoms with E-state index in [9.17, 15) is 9.13 Å². The molecule has 0 unspecified atom stereocenters. The molecule has 0 bridgehead atoms. The van der Waals surface area contributed by atoms with Crippen LogP contribution in [0.4, 0.5) is 0 Å². The maximum Gasteiger partial charge on any atom is 0.478 e. The standard InChI is InChI=1S/Co.Fe.Mn.H4O7P2/c;;;1-8(2,3)7-9(4,5)6/h;;;(H2,1,2,3)(H2,4,5,6). The first kappa shape index (κ1) is 23.5. The molecule has 0 rings (SSSR count). The van der Waals surface area contributed by atoms with Crippen LogP contribution in [-0.4, -0.2) is 19.6 Å². The smallest absolute Gasteiger partial charge is 0.302 e. The van der Waals surface area contributed by atoms with Gasteiger partial charge in [-0.1, -0.05) is 0 Å². The Labute approximate surface area is 99.3 Å². The zero-order chi connectivity index (χ0) is 7.71. The van der Waals surface area contributed by atoms with E-state index in [1.807, 2.05) is 0 Å². The summed E-state index contributed by atoms with van der Waals surface area (Å²) in [5.74, 6) is 0. The first-order valence-corrected chi connectivity index (χ1v) is 4.59. The van der Waals surface area contributed by atoms with Gasteiger partial charge in [-0.2, -0.15) is 4.31 Å². The van der Waals surface area contributed by atoms with Crippen molar-refractivity contribution in [3.8, 4) is 0 Å². The Morgan fingerprint density at radius 3 is 1.08 bits per heavy atom. The molecule has 7 nitrogen and oxygen atoms in total. The molecule has 0 atom stereocenters. The minimum absolute atomic E-state index is 0. The van der Waals surface area contributed by atoms with Crippen molar-refractivity contribution < 1.29 is 83.9 Å². The third-order valence-corrected chi connectivity index (χ3v) is 1.91. The maximum atomic E-state index is 9.63. The van der Waals surface area contributed by atoms with Gasteiger partial charge in [-0.3, -0.25) is 0 Å². The summed E-state index contributed by atoms with van der Waals surface area (Å²) in [4.78, 5) is 31.0. The van der Waals surface area contributed by atoms with Gasteiger partial charge in [0.2, 0.25) is 0 Å². The Balaban J connectivity index is -0.000000107. The van der Waals surface area contributed by atoms with E-state index in [2.05, 4.69) is 4.31 Å². The fraction of sp³-hybridized carbons (Fsp3) is 0. The van der Waals surface area contributed by atoms with Crippen LogP contribution in [-0.2, 0) is 64.4 Å². The third-order valence-electron chi connectivity index (χ3n) is 0.213. The molecule has 0 aliphatic rings. The van der Waals surface area contributed by atoms with E-state index >= 15 is 0 Å². The topological polar surface area (TPSA) is 124 Å². The number of hydrogen-bond donors (Lipinski definition) is 4. The summed E-state index contributed by atoms with van der Waals surface area (Å²) in [5.41, 5.74) is 0. The van der Waals surface area contributed by atoms with Crippen LogP contribution in [0.3, 0.4) is 0 Å². The normalized spacial score (nSPS) is 10.3. The summed E-state index contributed by atoms with van der Waals surface area (Å²) in [6, 6.07) is 0. The van der Waals surface area contributed by atoms with Crippen molar-refractivity contribution in [3.05, 3.63) is 0 Å². The third kappa shape index (κ3) is 22.6. The van der Waals surface area contributed by atoms with E-state index < -0.39 is 15.6 Å². The Morgan fingerprint density at radius 1 is 0.917 bits per heavy atom. The molecule has 4 N–H and O–H groups in total. The van der Waals surface area contributed by atoms with Gasteiger partial charge in [-0.05, 0) is 0 Å². The quantitative estimate of drug-likeness (QED) is 0.380. The van der Waals surface area contributed by atoms with E-state index in [-0.39, 0.29) is 50.9 Å². The van der Waals surface area contributed by atoms with Crippen LogP contribution in [0.1, 0.15) is 0 Å². The molecule has 0 spiro atoms. The summed E-state index contributed by atoms with van der Waals surface area (Å²) in [6.45, 7) is 0. The van der Waals surface area contributed by atoms with Crippen LogP contribution in [0, 0.1) is 0 Å². The monoisotopic (exact) mass is 348 g/mol. The van der Waals surface area contributed by atoms with Crippen LogP contribution < -0.4 is 0 Å². The number of rotatable bonds is 2. The second-order valence-corrected chi connectivity index (χ2v) is 3.68. The Bertz CT molecular complexity index is 162. The van der Waals surface area contributed by atoms with E-state index in [1.165, 1.54) is 0 Å². The van der Waals surface area contributed by atoms with E-state index in [0.717, 1.165) is 0 Å². The van der Waals surface area contributed by atoms with Crippen LogP contribution in [0.2, 0.25) is 0 Å². The van der Waals surface area contributed by atoms with Crippen molar-refractivity contribution in [2.24, 2.45) is 0 Å². The molecule has 12 heavy (non-hydrogen) atoms. The van der Waals surface area contributed by atoms with Crippen molar-refractivity contribution in [1.29, 1.82) is 0 Å². The summed E-state index contributed by atoms with van der Waals surface area (Å²) in [6.07, 6.45) is 0. The summed E-state index contributed by atoms with van der Waals surface area (Å²) < 4.78 is 22.2. The molecular formula is H4CoFeMnO7P2. The molecule has 80 valence electrons. The first-order chi connectivity index (χ1) is 3.71. The van der Waals surface area contributed by atoms with Crippen molar-refractivity contribution in [3.63, 3.8) is 0 Å². The van der Waals surface area contributed by atoms with Gasteiger partial charge in [-0.15, -0.1) is 0 Å². The zero-order valence-electron chi connectivity index (χ0n) is 4.97. The molecule has 0 aliphatic carbocycles. The summed E-state index contributed by atoms with van der Waals surface area (Å²) >= 11 is 0. The molecule has 12 heteroatoms. The number of hydrogen-bond acceptors (Lipinski definition) is 3. The summed E-state index contributed by atoms with van der Waals surface area (Å²) in [5, 5.41) is 0. The molecule has 0 fully saturated rings. The second-order valence-electron chi connectivity index (χ2n) is 1.06. The van der Waals surface area contributed by atoms with Gasteiger partial charge >= 0.3 is 15.6 Å². The molecule has 0 aromatic carbocycles. The van der Waals surface area contributed by atoms with Crippen molar-refractivity contribution in [1.82, 2.24) is 0 Å². The molecular weight excluding hydrogens is 344 g/mol. The molecule has 0 saturated carbocycles. The Kier molecular flexibility index (Phi) is 16.0. The van der Waals surface area contributed by atoms with Gasteiger partial charge in [0.05, 0.1) is 0 Å². The molecule has 0 heterocycles. The summed E-state index contributed by atoms with van der Waals surface area (Å²) in [7, 11) is -10.1. The van der Waals surface area contributed by atoms with Gasteiger partial charge < -0.3 is 19.6 Å². The Hall–Kier alpha value is 1.81. The van der Waals surface area contributed by atoms with Crippen LogP contribution in [0.5, 0.6) is 0 Å². The van der Waals surface area contributed by atoms with Crippen molar-refractivity contribution in [2.75, 3.05) is 0 Å². The van der Waals surface area contributed by atoms with Gasteiger partial charge in [0.25, 0.3) is 0 Å². The molecule has 0 aromatic rings. The predicted octanol–water partition coefficient (Wildman–Crippen LogP) is -0.819. The largest absolute Gasteiger partial charge is 0.478 e. The van der Waals surface area contributed by atoms with Crippen LogP contribution in [0.15, 0.2) is 0 Å². The van der Waals surface area contributed by atoms with Crippen LogP contribution >= 0.6 is 15.6 Å². The molecule has 0 aromatic heterocycles. The Morgan fingerprint density at radius 2 is 1.08 bits per heavy atom. The van der Waals surface area contributed by atoms with E-state index in [1.54, 1.807) is 0 Å². The van der Waals surface area contributed by atoms with E-state index in [4.69, 9.17) is 19.6 Å². The van der Waals surface area contributed by atoms with Crippen molar-refractivity contribution >= 4 is 15.6 Å². The second kappa shape index (κ2) is 8.14. The first-order valence-electron chi connectivity index (χ1n) is 1.53. The average molecular weight is 348 g/mol. The molecule has 2 radical (unpaired) electrons. The minimum Gasteiger partial charge on any atom is -0.302 e. The average Bonchev–Trinajstić information content (AvgIpc) is 1.14. The molecule has 0 amide bonds. The predicted molar refractivity (Wildman–Crippen MR) is 25.2 cm³/mol. The fourth-order valence-corrected chi connectivity index (χ4v) is 1.25. The molecule has 0 aliphatic heterocycles. The SMILES string of the molecule is O=P(O)(O)OP(=O)(O)O.[Co].[Fe].[Mn]. The van der Waals surface area contributed by atoms with Gasteiger partial charge in [0.15, 0.2) is 0 Å². The fourth-order valence-electron chi connectivity index (χ4n) is 0.139.